The summed E-state index contributed by atoms with van der Waals surface area (Å²) in [5, 5.41) is 19.5. The zero-order valence-corrected chi connectivity index (χ0v) is 23.1. The van der Waals surface area contributed by atoms with Crippen LogP contribution >= 0.6 is 34.8 Å². The topological polar surface area (TPSA) is 119 Å². The van der Waals surface area contributed by atoms with Crippen molar-refractivity contribution in [1.29, 1.82) is 0 Å². The Kier molecular flexibility index (Phi) is 8.18. The molecule has 0 bridgehead atoms. The number of halogens is 3. The smallest absolute Gasteiger partial charge is 0.258 e. The maximum absolute atomic E-state index is 13.5. The molecule has 0 aliphatic carbocycles. The summed E-state index contributed by atoms with van der Waals surface area (Å²) < 4.78 is 0. The van der Waals surface area contributed by atoms with Gasteiger partial charge in [-0.25, -0.2) is 4.98 Å². The van der Waals surface area contributed by atoms with Gasteiger partial charge in [0.25, 0.3) is 11.8 Å². The van der Waals surface area contributed by atoms with Crippen LogP contribution in [0.4, 0.5) is 17.3 Å². The monoisotopic (exact) mass is 573 g/mol. The second-order valence-electron chi connectivity index (χ2n) is 9.63. The summed E-state index contributed by atoms with van der Waals surface area (Å²) in [6.07, 6.45) is 0. The number of nitrogens with one attached hydrogen (secondary N) is 4. The Labute approximate surface area is 234 Å². The van der Waals surface area contributed by atoms with Crippen molar-refractivity contribution in [2.24, 2.45) is 5.41 Å². The minimum absolute atomic E-state index is 0.0187. The molecule has 0 saturated heterocycles. The van der Waals surface area contributed by atoms with E-state index in [1.54, 1.807) is 37.3 Å². The highest BCUT2D eigenvalue weighted by Gasteiger charge is 2.21. The Morgan fingerprint density at radius 1 is 0.974 bits per heavy atom. The van der Waals surface area contributed by atoms with E-state index in [9.17, 15) is 14.7 Å². The Morgan fingerprint density at radius 2 is 1.71 bits per heavy atom. The number of carbonyl (C=O) groups is 2. The Hall–Kier alpha value is -3.30. The number of rotatable bonds is 8. The molecule has 0 aliphatic heterocycles. The van der Waals surface area contributed by atoms with E-state index in [1.807, 2.05) is 13.8 Å². The average Bonchev–Trinajstić information content (AvgIpc) is 3.29. The Balaban J connectivity index is 1.73. The molecule has 1 heterocycles. The lowest BCUT2D eigenvalue weighted by molar-refractivity contribution is 0.101. The third-order valence-electron chi connectivity index (χ3n) is 5.94. The second kappa shape index (κ2) is 11.2. The molecule has 4 rings (SSSR count). The highest BCUT2D eigenvalue weighted by atomic mass is 35.5. The van der Waals surface area contributed by atoms with Gasteiger partial charge in [-0.1, -0.05) is 54.7 Å². The van der Waals surface area contributed by atoms with Crippen molar-refractivity contribution in [2.75, 3.05) is 29.1 Å². The zero-order valence-electron chi connectivity index (χ0n) is 20.9. The summed E-state index contributed by atoms with van der Waals surface area (Å²) in [5.74, 6) is -0.515. The van der Waals surface area contributed by atoms with Crippen molar-refractivity contribution in [3.63, 3.8) is 0 Å². The molecule has 11 heteroatoms. The normalized spacial score (nSPS) is 11.4. The van der Waals surface area contributed by atoms with E-state index in [4.69, 9.17) is 34.8 Å². The number of aromatic nitrogens is 2. The van der Waals surface area contributed by atoms with Crippen molar-refractivity contribution in [2.45, 2.75) is 20.8 Å². The highest BCUT2D eigenvalue weighted by molar-refractivity contribution is 6.36. The van der Waals surface area contributed by atoms with E-state index >= 15 is 0 Å². The molecule has 3 aromatic carbocycles. The van der Waals surface area contributed by atoms with Gasteiger partial charge in [0.15, 0.2) is 0 Å². The van der Waals surface area contributed by atoms with Crippen LogP contribution in [0.25, 0.3) is 11.0 Å². The number of aliphatic hydroxyl groups excluding tert-OH is 1. The van der Waals surface area contributed by atoms with Gasteiger partial charge in [-0.3, -0.25) is 9.59 Å². The van der Waals surface area contributed by atoms with Crippen molar-refractivity contribution in [1.82, 2.24) is 9.97 Å². The van der Waals surface area contributed by atoms with Gasteiger partial charge >= 0.3 is 0 Å². The van der Waals surface area contributed by atoms with Crippen LogP contribution in [0.2, 0.25) is 15.1 Å². The van der Waals surface area contributed by atoms with Crippen molar-refractivity contribution < 1.29 is 14.7 Å². The van der Waals surface area contributed by atoms with Crippen LogP contribution in [0, 0.1) is 12.3 Å². The Morgan fingerprint density at radius 3 is 2.45 bits per heavy atom. The van der Waals surface area contributed by atoms with Gasteiger partial charge in [-0.2, -0.15) is 0 Å². The lowest BCUT2D eigenvalue weighted by Crippen LogP contribution is -2.27. The molecule has 5 N–H and O–H groups in total. The predicted molar refractivity (Wildman–Crippen MR) is 154 cm³/mol. The summed E-state index contributed by atoms with van der Waals surface area (Å²) in [7, 11) is 0. The van der Waals surface area contributed by atoms with Crippen LogP contribution in [0.1, 0.15) is 40.1 Å². The molecule has 0 unspecified atom stereocenters. The summed E-state index contributed by atoms with van der Waals surface area (Å²) in [6, 6.07) is 13.0. The third-order valence-corrected chi connectivity index (χ3v) is 6.91. The molecule has 0 aliphatic rings. The number of aliphatic hydroxyl groups is 1. The number of nitrogens with zero attached hydrogens (tertiary/aromatic N) is 1. The van der Waals surface area contributed by atoms with Crippen LogP contribution in [0.3, 0.4) is 0 Å². The van der Waals surface area contributed by atoms with E-state index in [-0.39, 0.29) is 22.8 Å². The van der Waals surface area contributed by atoms with Gasteiger partial charge in [0, 0.05) is 40.0 Å². The number of benzene rings is 3. The average molecular weight is 575 g/mol. The highest BCUT2D eigenvalue weighted by Crippen LogP contribution is 2.29. The summed E-state index contributed by atoms with van der Waals surface area (Å²) in [5.41, 5.74) is 2.54. The fraction of sp³-hybridized carbons (Fsp3) is 0.222. The number of H-pyrrole nitrogens is 1. The maximum atomic E-state index is 13.5. The van der Waals surface area contributed by atoms with Gasteiger partial charge in [-0.05, 0) is 55.0 Å². The number of carbonyl (C=O) groups excluding carboxylic acids is 2. The first-order chi connectivity index (χ1) is 18.0. The molecule has 2 amide bonds. The first-order valence-electron chi connectivity index (χ1n) is 11.7. The molecule has 0 spiro atoms. The standard InChI is InChI=1S/C27H26Cl3N5O3/c1-14-19(29)5-4-6-21(14)33-25(38)18-10-16(32-24(37)17-9-15(28)7-8-20(17)30)11-22-23(18)35-26(34-22)31-12-27(2,3)13-36/h4-11,36H,12-13H2,1-3H3,(H,32,37)(H,33,38)(H2,31,34,35). The summed E-state index contributed by atoms with van der Waals surface area (Å²) >= 11 is 18.5. The lowest BCUT2D eigenvalue weighted by atomic mass is 9.95. The molecule has 0 fully saturated rings. The summed E-state index contributed by atoms with van der Waals surface area (Å²) in [4.78, 5) is 34.2. The fourth-order valence-corrected chi connectivity index (χ4v) is 4.18. The number of anilines is 3. The molecule has 8 nitrogen and oxygen atoms in total. The van der Waals surface area contributed by atoms with E-state index in [1.165, 1.54) is 18.2 Å². The predicted octanol–water partition coefficient (Wildman–Crippen LogP) is 6.77. The molecule has 198 valence electrons. The van der Waals surface area contributed by atoms with E-state index in [0.29, 0.717) is 44.9 Å². The van der Waals surface area contributed by atoms with Crippen LogP contribution in [-0.4, -0.2) is 40.0 Å². The number of fused-ring (bicyclic) bond motifs is 1. The third kappa shape index (κ3) is 6.22. The second-order valence-corrected chi connectivity index (χ2v) is 10.9. The van der Waals surface area contributed by atoms with Crippen LogP contribution in [0.15, 0.2) is 48.5 Å². The summed E-state index contributed by atoms with van der Waals surface area (Å²) in [6.45, 7) is 6.03. The molecular weight excluding hydrogens is 549 g/mol. The van der Waals surface area contributed by atoms with Crippen LogP contribution < -0.4 is 16.0 Å². The van der Waals surface area contributed by atoms with Gasteiger partial charge in [-0.15, -0.1) is 0 Å². The van der Waals surface area contributed by atoms with Crippen molar-refractivity contribution in [3.8, 4) is 0 Å². The van der Waals surface area contributed by atoms with Crippen molar-refractivity contribution >= 4 is 75.0 Å². The van der Waals surface area contributed by atoms with Crippen molar-refractivity contribution in [3.05, 3.63) is 80.3 Å². The molecule has 1 aromatic heterocycles. The SMILES string of the molecule is Cc1c(Cl)cccc1NC(=O)c1cc(NC(=O)c2cc(Cl)ccc2Cl)cc2[nH]c(NCC(C)(C)CO)nc12. The molecule has 0 radical (unpaired) electrons. The van der Waals surface area contributed by atoms with Gasteiger partial charge in [0.1, 0.15) is 5.52 Å². The van der Waals surface area contributed by atoms with Gasteiger partial charge in [0.2, 0.25) is 5.95 Å². The Bertz CT molecular complexity index is 1530. The fourth-order valence-electron chi connectivity index (χ4n) is 3.63. The number of amides is 2. The van der Waals surface area contributed by atoms with Gasteiger partial charge in [0.05, 0.1) is 21.7 Å². The molecule has 4 aromatic rings. The van der Waals surface area contributed by atoms with Crippen LogP contribution in [-0.2, 0) is 0 Å². The van der Waals surface area contributed by atoms with E-state index in [0.717, 1.165) is 5.56 Å². The van der Waals surface area contributed by atoms with E-state index < -0.39 is 17.2 Å². The first kappa shape index (κ1) is 27.7. The minimum Gasteiger partial charge on any atom is -0.396 e. The van der Waals surface area contributed by atoms with E-state index in [2.05, 4.69) is 25.9 Å². The number of aromatic amines is 1. The lowest BCUT2D eigenvalue weighted by Gasteiger charge is -2.21. The molecule has 0 saturated carbocycles. The molecule has 38 heavy (non-hydrogen) atoms. The quantitative estimate of drug-likeness (QED) is 0.159. The molecule has 0 atom stereocenters. The molecular formula is C27H26Cl3N5O3. The number of imidazole rings is 1. The number of hydrogen-bond acceptors (Lipinski definition) is 5. The maximum Gasteiger partial charge on any atom is 0.258 e. The number of hydrogen-bond donors (Lipinski definition) is 5. The van der Waals surface area contributed by atoms with Gasteiger partial charge < -0.3 is 26.0 Å². The van der Waals surface area contributed by atoms with Crippen LogP contribution in [0.5, 0.6) is 0 Å². The first-order valence-corrected chi connectivity index (χ1v) is 12.8. The largest absolute Gasteiger partial charge is 0.396 e. The zero-order chi connectivity index (χ0) is 27.6. The minimum atomic E-state index is -0.489.